The third kappa shape index (κ3) is 5.47. The molecule has 0 aromatic heterocycles. The molecule has 0 radical (unpaired) electrons. The van der Waals surface area contributed by atoms with Gasteiger partial charge in [0.2, 0.25) is 0 Å². The number of carboxylic acid groups (broad SMARTS) is 2. The Balaban J connectivity index is -0.000000405. The molecule has 0 fully saturated rings. The van der Waals surface area contributed by atoms with E-state index in [9.17, 15) is 14.7 Å². The molecule has 12 heavy (non-hydrogen) atoms. The van der Waals surface area contributed by atoms with Gasteiger partial charge < -0.3 is 30.7 Å². The normalized spacial score (nSPS) is 13.2. The van der Waals surface area contributed by atoms with Gasteiger partial charge in [0.1, 0.15) is 6.10 Å². The van der Waals surface area contributed by atoms with E-state index in [-0.39, 0.29) is 35.0 Å². The molecule has 0 aliphatic heterocycles. The Morgan fingerprint density at radius 2 is 1.50 bits per heavy atom. The number of rotatable bonds is 3. The molecular weight excluding hydrogens is 183 g/mol. The van der Waals surface area contributed by atoms with E-state index in [4.69, 9.17) is 15.3 Å². The molecule has 0 saturated heterocycles. The summed E-state index contributed by atoms with van der Waals surface area (Å²) in [5, 5.41) is 34.1. The fourth-order valence-electron chi connectivity index (χ4n) is 0.264. The number of hydrogen-bond acceptors (Lipinski definition) is 5. The fraction of sp³-hybridized carbons (Fsp3) is 0.500. The second-order valence-electron chi connectivity index (χ2n) is 1.55. The number of hydrogen-bond donors (Lipinski definition) is 3. The first-order valence-corrected chi connectivity index (χ1v) is 2.26. The van der Waals surface area contributed by atoms with Crippen LogP contribution in [0.15, 0.2) is 0 Å². The zero-order valence-corrected chi connectivity index (χ0v) is 8.22. The summed E-state index contributed by atoms with van der Waals surface area (Å²) in [5.74, 6) is -3.83. The summed E-state index contributed by atoms with van der Waals surface area (Å²) in [6.07, 6.45) is -4.71. The number of aliphatic hydroxyl groups is 2. The van der Waals surface area contributed by atoms with E-state index in [0.29, 0.717) is 0 Å². The minimum Gasteiger partial charge on any atom is -0.547 e. The zero-order valence-electron chi connectivity index (χ0n) is 6.22. The van der Waals surface area contributed by atoms with Gasteiger partial charge in [-0.15, -0.1) is 0 Å². The molecule has 5 N–H and O–H groups in total. The van der Waals surface area contributed by atoms with E-state index >= 15 is 0 Å². The predicted molar refractivity (Wildman–Crippen MR) is 28.3 cm³/mol. The first-order chi connectivity index (χ1) is 4.46. The van der Waals surface area contributed by atoms with Crippen molar-refractivity contribution in [2.75, 3.05) is 0 Å². The van der Waals surface area contributed by atoms with Crippen LogP contribution in [-0.4, -0.2) is 44.9 Å². The third-order valence-corrected chi connectivity index (χ3v) is 0.794. The zero-order chi connectivity index (χ0) is 8.31. The van der Waals surface area contributed by atoms with Crippen molar-refractivity contribution in [3.8, 4) is 0 Å². The van der Waals surface area contributed by atoms with Crippen LogP contribution in [0.5, 0.6) is 0 Å². The minimum atomic E-state index is -2.38. The molecule has 0 bridgehead atoms. The first-order valence-electron chi connectivity index (χ1n) is 2.26. The van der Waals surface area contributed by atoms with Gasteiger partial charge in [-0.1, -0.05) is 0 Å². The monoisotopic (exact) mass is 190 g/mol. The summed E-state index contributed by atoms with van der Waals surface area (Å²) in [4.78, 5) is 19.4. The summed E-state index contributed by atoms with van der Waals surface area (Å²) in [6, 6.07) is 0. The molecule has 0 unspecified atom stereocenters. The number of aliphatic hydroxyl groups excluding tert-OH is 2. The number of carboxylic acids is 2. The molecular formula is C4H7NaO7. The Morgan fingerprint density at radius 1 is 1.17 bits per heavy atom. The first kappa shape index (κ1) is 17.8. The molecule has 2 atom stereocenters. The van der Waals surface area contributed by atoms with E-state index in [1.807, 2.05) is 0 Å². The fourth-order valence-corrected chi connectivity index (χ4v) is 0.264. The maximum atomic E-state index is 9.74. The Labute approximate surface area is 89.2 Å². The van der Waals surface area contributed by atoms with Gasteiger partial charge in [0, 0.05) is 0 Å². The second-order valence-corrected chi connectivity index (χ2v) is 1.55. The summed E-state index contributed by atoms with van der Waals surface area (Å²) < 4.78 is 0. The van der Waals surface area contributed by atoms with Crippen molar-refractivity contribution >= 4 is 11.9 Å². The van der Waals surface area contributed by atoms with Crippen molar-refractivity contribution in [3.05, 3.63) is 0 Å². The van der Waals surface area contributed by atoms with Crippen LogP contribution >= 0.6 is 0 Å². The van der Waals surface area contributed by atoms with Crippen LogP contribution in [0.25, 0.3) is 0 Å². The molecule has 0 aromatic carbocycles. The molecule has 0 spiro atoms. The van der Waals surface area contributed by atoms with Crippen molar-refractivity contribution in [1.29, 1.82) is 0 Å². The van der Waals surface area contributed by atoms with Gasteiger partial charge in [-0.3, -0.25) is 0 Å². The molecule has 0 saturated carbocycles. The Kier molecular flexibility index (Phi) is 11.1. The molecule has 0 rings (SSSR count). The Morgan fingerprint density at radius 3 is 1.58 bits per heavy atom. The maximum Gasteiger partial charge on any atom is 1.00 e. The standard InChI is InChI=1S/C4H6O6.Na.H2O/c5-1(3(7)8)2(6)4(9)10;;/h1-2,5-6H,(H,7,8)(H,9,10);;1H2/q;+1;/p-1/t1-,2-;;/m1../s1. The van der Waals surface area contributed by atoms with Crippen molar-refractivity contribution in [1.82, 2.24) is 0 Å². The largest absolute Gasteiger partial charge is 1.00 e. The molecule has 0 aromatic rings. The van der Waals surface area contributed by atoms with Gasteiger partial charge in [0.05, 0.1) is 5.97 Å². The Hall–Kier alpha value is -0.180. The van der Waals surface area contributed by atoms with E-state index in [1.165, 1.54) is 0 Å². The topological polar surface area (TPSA) is 149 Å². The summed E-state index contributed by atoms with van der Waals surface area (Å²) in [6.45, 7) is 0. The van der Waals surface area contributed by atoms with Crippen molar-refractivity contribution < 1.29 is 65.0 Å². The predicted octanol–water partition coefficient (Wildman–Crippen LogP) is -7.28. The van der Waals surface area contributed by atoms with E-state index in [0.717, 1.165) is 0 Å². The molecule has 0 amide bonds. The number of carbonyl (C=O) groups is 2. The summed E-state index contributed by atoms with van der Waals surface area (Å²) in [7, 11) is 0. The van der Waals surface area contributed by atoms with Crippen molar-refractivity contribution in [3.63, 3.8) is 0 Å². The van der Waals surface area contributed by atoms with Crippen LogP contribution in [0.3, 0.4) is 0 Å². The summed E-state index contributed by atoms with van der Waals surface area (Å²) in [5.41, 5.74) is 0. The van der Waals surface area contributed by atoms with Gasteiger partial charge in [0.15, 0.2) is 6.10 Å². The van der Waals surface area contributed by atoms with Crippen molar-refractivity contribution in [2.24, 2.45) is 0 Å². The van der Waals surface area contributed by atoms with Crippen LogP contribution < -0.4 is 34.7 Å². The molecule has 8 heteroatoms. The van der Waals surface area contributed by atoms with Gasteiger partial charge in [-0.25, -0.2) is 4.79 Å². The minimum absolute atomic E-state index is 0. The molecule has 0 heterocycles. The molecule has 66 valence electrons. The average Bonchev–Trinajstić information content (AvgIpc) is 1.84. The molecule has 0 aliphatic rings. The van der Waals surface area contributed by atoms with Crippen LogP contribution in [0.1, 0.15) is 0 Å². The quantitative estimate of drug-likeness (QED) is 0.376. The van der Waals surface area contributed by atoms with Crippen LogP contribution in [0, 0.1) is 0 Å². The average molecular weight is 190 g/mol. The van der Waals surface area contributed by atoms with E-state index in [2.05, 4.69) is 0 Å². The molecule has 7 nitrogen and oxygen atoms in total. The van der Waals surface area contributed by atoms with Gasteiger partial charge in [-0.2, -0.15) is 0 Å². The SMILES string of the molecule is O.O=C([O-])[C@H](O)[C@@H](O)C(=O)O.[Na+]. The second kappa shape index (κ2) is 7.47. The van der Waals surface area contributed by atoms with Gasteiger partial charge in [0.25, 0.3) is 0 Å². The summed E-state index contributed by atoms with van der Waals surface area (Å²) >= 11 is 0. The van der Waals surface area contributed by atoms with E-state index < -0.39 is 24.1 Å². The van der Waals surface area contributed by atoms with Crippen LogP contribution in [0.2, 0.25) is 0 Å². The number of aliphatic carboxylic acids is 2. The van der Waals surface area contributed by atoms with Gasteiger partial charge >= 0.3 is 35.5 Å². The van der Waals surface area contributed by atoms with E-state index in [1.54, 1.807) is 0 Å². The van der Waals surface area contributed by atoms with Crippen LogP contribution in [-0.2, 0) is 9.59 Å². The van der Waals surface area contributed by atoms with Gasteiger partial charge in [-0.05, 0) is 0 Å². The third-order valence-electron chi connectivity index (χ3n) is 0.794. The van der Waals surface area contributed by atoms with Crippen molar-refractivity contribution in [2.45, 2.75) is 12.2 Å². The number of carbonyl (C=O) groups excluding carboxylic acids is 1. The smallest absolute Gasteiger partial charge is 0.547 e. The molecule has 0 aliphatic carbocycles. The Bertz CT molecular complexity index is 139. The van der Waals surface area contributed by atoms with Crippen LogP contribution in [0.4, 0.5) is 0 Å². The maximum absolute atomic E-state index is 9.74.